The second-order valence-corrected chi connectivity index (χ2v) is 8.31. The first-order valence-corrected chi connectivity index (χ1v) is 10.8. The maximum Gasteiger partial charge on any atom is 0.290 e. The van der Waals surface area contributed by atoms with Crippen LogP contribution in [0.1, 0.15) is 43.7 Å². The maximum absolute atomic E-state index is 13.1. The van der Waals surface area contributed by atoms with Gasteiger partial charge in [0, 0.05) is 24.6 Å². The summed E-state index contributed by atoms with van der Waals surface area (Å²) in [6.07, 6.45) is 5.18. The fourth-order valence-electron chi connectivity index (χ4n) is 4.51. The molecule has 162 valence electrons. The summed E-state index contributed by atoms with van der Waals surface area (Å²) in [6.45, 7) is 3.19. The fourth-order valence-corrected chi connectivity index (χ4v) is 4.51. The van der Waals surface area contributed by atoms with E-state index in [4.69, 9.17) is 9.47 Å². The summed E-state index contributed by atoms with van der Waals surface area (Å²) >= 11 is 0. The van der Waals surface area contributed by atoms with Crippen molar-refractivity contribution in [1.82, 2.24) is 9.80 Å². The summed E-state index contributed by atoms with van der Waals surface area (Å²) in [5, 5.41) is 10.7. The van der Waals surface area contributed by atoms with Crippen LogP contribution < -0.4 is 9.47 Å². The minimum absolute atomic E-state index is 0.101. The van der Waals surface area contributed by atoms with Gasteiger partial charge in [0.05, 0.1) is 25.8 Å². The largest absolute Gasteiger partial charge is 0.503 e. The molecular formula is C23H30N2O5. The van der Waals surface area contributed by atoms with Crippen molar-refractivity contribution in [1.29, 1.82) is 0 Å². The van der Waals surface area contributed by atoms with Crippen LogP contribution >= 0.6 is 0 Å². The minimum atomic E-state index is -0.666. The van der Waals surface area contributed by atoms with E-state index in [9.17, 15) is 14.7 Å². The quantitative estimate of drug-likeness (QED) is 0.705. The molecule has 1 amide bonds. The number of nitrogens with zero attached hydrogens (tertiary/aromatic N) is 2. The molecule has 7 nitrogen and oxygen atoms in total. The molecule has 0 bridgehead atoms. The first kappa shape index (κ1) is 20.7. The lowest BCUT2D eigenvalue weighted by Gasteiger charge is -2.32. The highest BCUT2D eigenvalue weighted by molar-refractivity contribution is 6.10. The molecule has 2 fully saturated rings. The standard InChI is InChI=1S/C23H30N2O5/c1-29-16-8-9-18(30-2)17(14-16)20-19(21(26)15-6-7-15)22(27)23(28)25(20)13-12-24-10-4-3-5-11-24/h8-9,14-15,20,27H,3-7,10-13H2,1-2H3. The molecule has 1 atom stereocenters. The number of likely N-dealkylation sites (tertiary alicyclic amines) is 1. The lowest BCUT2D eigenvalue weighted by Crippen LogP contribution is -2.40. The molecule has 0 spiro atoms. The maximum atomic E-state index is 13.1. The smallest absolute Gasteiger partial charge is 0.290 e. The van der Waals surface area contributed by atoms with Crippen molar-refractivity contribution < 1.29 is 24.2 Å². The molecule has 4 rings (SSSR count). The minimum Gasteiger partial charge on any atom is -0.503 e. The Morgan fingerprint density at radius 2 is 1.83 bits per heavy atom. The van der Waals surface area contributed by atoms with Gasteiger partial charge >= 0.3 is 0 Å². The van der Waals surface area contributed by atoms with Gasteiger partial charge in [-0.3, -0.25) is 9.59 Å². The molecule has 1 N–H and O–H groups in total. The summed E-state index contributed by atoms with van der Waals surface area (Å²) in [5.41, 5.74) is 0.865. The Balaban J connectivity index is 1.70. The van der Waals surface area contributed by atoms with Crippen molar-refractivity contribution in [2.24, 2.45) is 5.92 Å². The van der Waals surface area contributed by atoms with E-state index < -0.39 is 17.7 Å². The second-order valence-electron chi connectivity index (χ2n) is 8.31. The molecule has 1 saturated heterocycles. The number of hydrogen-bond donors (Lipinski definition) is 1. The molecule has 0 aromatic heterocycles. The van der Waals surface area contributed by atoms with E-state index in [1.807, 2.05) is 0 Å². The highest BCUT2D eigenvalue weighted by Crippen LogP contribution is 2.46. The van der Waals surface area contributed by atoms with Crippen LogP contribution in [0.2, 0.25) is 0 Å². The van der Waals surface area contributed by atoms with Crippen LogP contribution in [-0.4, -0.2) is 67.0 Å². The van der Waals surface area contributed by atoms with E-state index in [1.165, 1.54) is 6.42 Å². The number of carbonyl (C=O) groups is 2. The molecule has 1 saturated carbocycles. The topological polar surface area (TPSA) is 79.3 Å². The van der Waals surface area contributed by atoms with E-state index >= 15 is 0 Å². The summed E-state index contributed by atoms with van der Waals surface area (Å²) in [7, 11) is 3.13. The second kappa shape index (κ2) is 8.68. The summed E-state index contributed by atoms with van der Waals surface area (Å²) in [5.74, 6) is 0.0461. The number of rotatable bonds is 8. The number of Topliss-reactive ketones (excluding diaryl/α,β-unsaturated/α-hetero) is 1. The van der Waals surface area contributed by atoms with Crippen molar-refractivity contribution in [3.63, 3.8) is 0 Å². The number of methoxy groups -OCH3 is 2. The predicted molar refractivity (Wildman–Crippen MR) is 112 cm³/mol. The molecule has 2 aliphatic heterocycles. The Morgan fingerprint density at radius 3 is 2.47 bits per heavy atom. The number of amides is 1. The van der Waals surface area contributed by atoms with Crippen molar-refractivity contribution in [3.05, 3.63) is 35.1 Å². The Kier molecular flexibility index (Phi) is 5.99. The van der Waals surface area contributed by atoms with Crippen molar-refractivity contribution in [2.75, 3.05) is 40.4 Å². The lowest BCUT2D eigenvalue weighted by atomic mass is 9.93. The van der Waals surface area contributed by atoms with Gasteiger partial charge in [-0.05, 0) is 57.0 Å². The third kappa shape index (κ3) is 3.90. The molecule has 1 unspecified atom stereocenters. The molecule has 30 heavy (non-hydrogen) atoms. The number of carbonyl (C=O) groups excluding carboxylic acids is 2. The monoisotopic (exact) mass is 414 g/mol. The van der Waals surface area contributed by atoms with E-state index in [1.54, 1.807) is 37.3 Å². The van der Waals surface area contributed by atoms with E-state index in [-0.39, 0.29) is 17.3 Å². The zero-order valence-corrected chi connectivity index (χ0v) is 17.7. The van der Waals surface area contributed by atoms with Crippen LogP contribution in [0.5, 0.6) is 11.5 Å². The van der Waals surface area contributed by atoms with Crippen molar-refractivity contribution >= 4 is 11.7 Å². The molecule has 3 aliphatic rings. The van der Waals surface area contributed by atoms with Gasteiger partial charge in [0.1, 0.15) is 11.5 Å². The van der Waals surface area contributed by atoms with Gasteiger partial charge in [0.25, 0.3) is 5.91 Å². The van der Waals surface area contributed by atoms with Gasteiger partial charge in [0.15, 0.2) is 11.5 Å². The normalized spacial score (nSPS) is 22.5. The Hall–Kier alpha value is -2.54. The molecule has 1 aliphatic carbocycles. The van der Waals surface area contributed by atoms with E-state index in [0.717, 1.165) is 38.8 Å². The van der Waals surface area contributed by atoms with Crippen LogP contribution in [-0.2, 0) is 9.59 Å². The van der Waals surface area contributed by atoms with Crippen LogP contribution in [0.4, 0.5) is 0 Å². The number of benzene rings is 1. The number of ketones is 1. The third-order valence-corrected chi connectivity index (χ3v) is 6.35. The molecule has 1 aromatic rings. The molecule has 2 heterocycles. The van der Waals surface area contributed by atoms with E-state index in [0.29, 0.717) is 30.2 Å². The summed E-state index contributed by atoms with van der Waals surface area (Å²) < 4.78 is 10.9. The van der Waals surface area contributed by atoms with Crippen LogP contribution in [0.3, 0.4) is 0 Å². The average molecular weight is 415 g/mol. The van der Waals surface area contributed by atoms with Gasteiger partial charge in [-0.25, -0.2) is 0 Å². The highest BCUT2D eigenvalue weighted by Gasteiger charge is 2.47. The number of piperidine rings is 1. The lowest BCUT2D eigenvalue weighted by molar-refractivity contribution is -0.129. The van der Waals surface area contributed by atoms with Crippen molar-refractivity contribution in [2.45, 2.75) is 38.1 Å². The SMILES string of the molecule is COc1ccc(OC)c(C2C(C(=O)C3CC3)=C(O)C(=O)N2CCN2CCCCC2)c1. The van der Waals surface area contributed by atoms with Gasteiger partial charge in [0.2, 0.25) is 0 Å². The fraction of sp³-hybridized carbons (Fsp3) is 0.565. The molecule has 1 aromatic carbocycles. The van der Waals surface area contributed by atoms with Crippen LogP contribution in [0.25, 0.3) is 0 Å². The Bertz CT molecular complexity index is 855. The predicted octanol–water partition coefficient (Wildman–Crippen LogP) is 2.86. The summed E-state index contributed by atoms with van der Waals surface area (Å²) in [6, 6.07) is 4.68. The number of aliphatic hydroxyl groups is 1. The highest BCUT2D eigenvalue weighted by atomic mass is 16.5. The zero-order chi connectivity index (χ0) is 21.3. The summed E-state index contributed by atoms with van der Waals surface area (Å²) in [4.78, 5) is 30.1. The van der Waals surface area contributed by atoms with Gasteiger partial charge in [-0.15, -0.1) is 0 Å². The number of ether oxygens (including phenoxy) is 2. The van der Waals surface area contributed by atoms with Gasteiger partial charge in [-0.2, -0.15) is 0 Å². The van der Waals surface area contributed by atoms with Crippen LogP contribution in [0.15, 0.2) is 29.5 Å². The van der Waals surface area contributed by atoms with Crippen molar-refractivity contribution in [3.8, 4) is 11.5 Å². The molecule has 0 radical (unpaired) electrons. The molecule has 7 heteroatoms. The van der Waals surface area contributed by atoms with Gasteiger partial charge in [-0.1, -0.05) is 6.42 Å². The first-order valence-electron chi connectivity index (χ1n) is 10.8. The van der Waals surface area contributed by atoms with Crippen LogP contribution in [0, 0.1) is 5.92 Å². The van der Waals surface area contributed by atoms with Gasteiger partial charge < -0.3 is 24.4 Å². The number of aliphatic hydroxyl groups excluding tert-OH is 1. The first-order chi connectivity index (χ1) is 14.5. The zero-order valence-electron chi connectivity index (χ0n) is 17.7. The Morgan fingerprint density at radius 1 is 1.10 bits per heavy atom. The Labute approximate surface area is 177 Å². The molecular weight excluding hydrogens is 384 g/mol. The third-order valence-electron chi connectivity index (χ3n) is 6.35. The van der Waals surface area contributed by atoms with E-state index in [2.05, 4.69) is 4.90 Å². The number of hydrogen-bond acceptors (Lipinski definition) is 6. The average Bonchev–Trinajstić information content (AvgIpc) is 3.60.